The lowest BCUT2D eigenvalue weighted by atomic mass is 10.5. The van der Waals surface area contributed by atoms with Gasteiger partial charge in [0.15, 0.2) is 5.15 Å². The predicted molar refractivity (Wildman–Crippen MR) is 68.0 cm³/mol. The van der Waals surface area contributed by atoms with Gasteiger partial charge in [0.05, 0.1) is 0 Å². The fourth-order valence-corrected chi connectivity index (χ4v) is 1.69. The van der Waals surface area contributed by atoms with E-state index in [1.165, 1.54) is 6.33 Å². The Balaban J connectivity index is 2.46. The zero-order valence-electron chi connectivity index (χ0n) is 9.41. The molecule has 0 aliphatic heterocycles. The maximum Gasteiger partial charge on any atom is 0.232 e. The van der Waals surface area contributed by atoms with Crippen LogP contribution in [0.25, 0.3) is 0 Å². The van der Waals surface area contributed by atoms with E-state index in [9.17, 15) is 0 Å². The van der Waals surface area contributed by atoms with Crippen molar-refractivity contribution in [2.24, 2.45) is 0 Å². The number of ether oxygens (including phenoxy) is 1. The molecule has 0 aromatic carbocycles. The standard InChI is InChI=1S/C10H15BrClN3O/c1-3-15(4-2)5-6-16-10-8(11)9(12)13-7-14-10/h7H,3-6H2,1-2H3. The first-order chi connectivity index (χ1) is 7.69. The molecule has 16 heavy (non-hydrogen) atoms. The second kappa shape index (κ2) is 7.04. The molecule has 0 saturated heterocycles. The van der Waals surface area contributed by atoms with E-state index in [1.54, 1.807) is 0 Å². The Hall–Kier alpha value is -0.390. The van der Waals surface area contributed by atoms with Crippen molar-refractivity contribution in [1.29, 1.82) is 0 Å². The molecule has 0 atom stereocenters. The molecular weight excluding hydrogens is 293 g/mol. The second-order valence-electron chi connectivity index (χ2n) is 3.16. The van der Waals surface area contributed by atoms with Crippen molar-refractivity contribution < 1.29 is 4.74 Å². The largest absolute Gasteiger partial charge is 0.475 e. The SMILES string of the molecule is CCN(CC)CCOc1ncnc(Cl)c1Br. The van der Waals surface area contributed by atoms with Gasteiger partial charge in [-0.05, 0) is 29.0 Å². The van der Waals surface area contributed by atoms with Gasteiger partial charge in [0.1, 0.15) is 17.4 Å². The molecule has 4 nitrogen and oxygen atoms in total. The molecular formula is C10H15BrClN3O. The van der Waals surface area contributed by atoms with Gasteiger partial charge in [-0.3, -0.25) is 0 Å². The zero-order valence-corrected chi connectivity index (χ0v) is 11.8. The molecule has 0 radical (unpaired) electrons. The van der Waals surface area contributed by atoms with Gasteiger partial charge in [0.2, 0.25) is 5.88 Å². The van der Waals surface area contributed by atoms with Crippen molar-refractivity contribution in [3.8, 4) is 5.88 Å². The number of rotatable bonds is 6. The minimum atomic E-state index is 0.368. The monoisotopic (exact) mass is 307 g/mol. The Labute approximate surface area is 109 Å². The van der Waals surface area contributed by atoms with E-state index in [0.29, 0.717) is 22.1 Å². The molecule has 0 aliphatic rings. The lowest BCUT2D eigenvalue weighted by molar-refractivity contribution is 0.217. The molecule has 0 spiro atoms. The summed E-state index contributed by atoms with van der Waals surface area (Å²) >= 11 is 9.11. The van der Waals surface area contributed by atoms with Crippen LogP contribution < -0.4 is 4.74 Å². The number of likely N-dealkylation sites (N-methyl/N-ethyl adjacent to an activating group) is 1. The second-order valence-corrected chi connectivity index (χ2v) is 4.31. The summed E-state index contributed by atoms with van der Waals surface area (Å²) in [5, 5.41) is 0.368. The van der Waals surface area contributed by atoms with Crippen LogP contribution >= 0.6 is 27.5 Å². The van der Waals surface area contributed by atoms with E-state index in [2.05, 4.69) is 44.6 Å². The third-order valence-corrected chi connectivity index (χ3v) is 3.49. The molecule has 0 bridgehead atoms. The summed E-state index contributed by atoms with van der Waals surface area (Å²) in [5.41, 5.74) is 0. The molecule has 0 amide bonds. The minimum absolute atomic E-state index is 0.368. The summed E-state index contributed by atoms with van der Waals surface area (Å²) in [7, 11) is 0. The lowest BCUT2D eigenvalue weighted by Gasteiger charge is -2.17. The topological polar surface area (TPSA) is 38.2 Å². The van der Waals surface area contributed by atoms with Crippen molar-refractivity contribution in [3.63, 3.8) is 0 Å². The van der Waals surface area contributed by atoms with E-state index in [4.69, 9.17) is 16.3 Å². The first kappa shape index (κ1) is 13.7. The van der Waals surface area contributed by atoms with Crippen LogP contribution in [0.1, 0.15) is 13.8 Å². The van der Waals surface area contributed by atoms with E-state index >= 15 is 0 Å². The number of hydrogen-bond acceptors (Lipinski definition) is 4. The van der Waals surface area contributed by atoms with Gasteiger partial charge >= 0.3 is 0 Å². The van der Waals surface area contributed by atoms with Crippen LogP contribution in [0, 0.1) is 0 Å². The Morgan fingerprint density at radius 3 is 2.69 bits per heavy atom. The number of nitrogens with zero attached hydrogens (tertiary/aromatic N) is 3. The van der Waals surface area contributed by atoms with E-state index in [1.807, 2.05) is 0 Å². The Morgan fingerprint density at radius 1 is 1.38 bits per heavy atom. The molecule has 0 N–H and O–H groups in total. The number of halogens is 2. The molecule has 6 heteroatoms. The highest BCUT2D eigenvalue weighted by Crippen LogP contribution is 2.27. The first-order valence-electron chi connectivity index (χ1n) is 5.20. The van der Waals surface area contributed by atoms with Crippen molar-refractivity contribution >= 4 is 27.5 Å². The smallest absolute Gasteiger partial charge is 0.232 e. The van der Waals surface area contributed by atoms with E-state index < -0.39 is 0 Å². The van der Waals surface area contributed by atoms with Crippen LogP contribution in [0.2, 0.25) is 5.15 Å². The normalized spacial score (nSPS) is 10.8. The highest BCUT2D eigenvalue weighted by molar-refractivity contribution is 9.10. The fourth-order valence-electron chi connectivity index (χ4n) is 1.25. The maximum atomic E-state index is 5.82. The molecule has 1 heterocycles. The van der Waals surface area contributed by atoms with Gasteiger partial charge in [-0.15, -0.1) is 0 Å². The zero-order chi connectivity index (χ0) is 12.0. The summed E-state index contributed by atoms with van der Waals surface area (Å²) in [6.07, 6.45) is 1.39. The van der Waals surface area contributed by atoms with Gasteiger partial charge in [-0.25, -0.2) is 9.97 Å². The predicted octanol–water partition coefficient (Wildman–Crippen LogP) is 2.61. The number of hydrogen-bond donors (Lipinski definition) is 0. The van der Waals surface area contributed by atoms with Crippen LogP contribution in [-0.4, -0.2) is 41.1 Å². The quantitative estimate of drug-likeness (QED) is 0.757. The van der Waals surface area contributed by atoms with Crippen molar-refractivity contribution in [2.45, 2.75) is 13.8 Å². The van der Waals surface area contributed by atoms with Gasteiger partial charge in [0.25, 0.3) is 0 Å². The molecule has 0 aliphatic carbocycles. The highest BCUT2D eigenvalue weighted by atomic mass is 79.9. The minimum Gasteiger partial charge on any atom is -0.475 e. The summed E-state index contributed by atoms with van der Waals surface area (Å²) in [5.74, 6) is 0.493. The van der Waals surface area contributed by atoms with Crippen LogP contribution in [-0.2, 0) is 0 Å². The average Bonchev–Trinajstić information content (AvgIpc) is 2.30. The third-order valence-electron chi connectivity index (χ3n) is 2.26. The Kier molecular flexibility index (Phi) is 6.01. The van der Waals surface area contributed by atoms with Gasteiger partial charge in [0, 0.05) is 6.54 Å². The molecule has 1 aromatic heterocycles. The number of aromatic nitrogens is 2. The van der Waals surface area contributed by atoms with Crippen molar-refractivity contribution in [2.75, 3.05) is 26.2 Å². The molecule has 1 rings (SSSR count). The summed E-state index contributed by atoms with van der Waals surface area (Å²) in [4.78, 5) is 10.1. The van der Waals surface area contributed by atoms with Gasteiger partial charge in [-0.1, -0.05) is 25.4 Å². The molecule has 0 unspecified atom stereocenters. The van der Waals surface area contributed by atoms with E-state index in [0.717, 1.165) is 19.6 Å². The van der Waals surface area contributed by atoms with Crippen LogP contribution in [0.3, 0.4) is 0 Å². The Morgan fingerprint density at radius 2 is 2.06 bits per heavy atom. The maximum absolute atomic E-state index is 5.82. The van der Waals surface area contributed by atoms with Crippen LogP contribution in [0.4, 0.5) is 0 Å². The van der Waals surface area contributed by atoms with E-state index in [-0.39, 0.29) is 0 Å². The summed E-state index contributed by atoms with van der Waals surface area (Å²) in [6.45, 7) is 7.76. The lowest BCUT2D eigenvalue weighted by Crippen LogP contribution is -2.28. The van der Waals surface area contributed by atoms with Crippen LogP contribution in [0.15, 0.2) is 10.8 Å². The summed E-state index contributed by atoms with van der Waals surface area (Å²) < 4.78 is 6.14. The van der Waals surface area contributed by atoms with Gasteiger partial charge in [-0.2, -0.15) is 0 Å². The molecule has 1 aromatic rings. The molecule has 90 valence electrons. The van der Waals surface area contributed by atoms with Crippen LogP contribution in [0.5, 0.6) is 5.88 Å². The van der Waals surface area contributed by atoms with Crippen molar-refractivity contribution in [1.82, 2.24) is 14.9 Å². The summed E-state index contributed by atoms with van der Waals surface area (Å²) in [6, 6.07) is 0. The average molecular weight is 309 g/mol. The highest BCUT2D eigenvalue weighted by Gasteiger charge is 2.08. The fraction of sp³-hybridized carbons (Fsp3) is 0.600. The first-order valence-corrected chi connectivity index (χ1v) is 6.37. The third kappa shape index (κ3) is 3.88. The Bertz CT molecular complexity index is 334. The van der Waals surface area contributed by atoms with Crippen molar-refractivity contribution in [3.05, 3.63) is 16.0 Å². The molecule has 0 fully saturated rings. The van der Waals surface area contributed by atoms with Gasteiger partial charge < -0.3 is 9.64 Å². The molecule has 0 saturated carbocycles.